The summed E-state index contributed by atoms with van der Waals surface area (Å²) in [6, 6.07) is 10.9. The van der Waals surface area contributed by atoms with Crippen molar-refractivity contribution in [2.75, 3.05) is 5.32 Å². The minimum absolute atomic E-state index is 0.0683. The predicted octanol–water partition coefficient (Wildman–Crippen LogP) is 5.28. The van der Waals surface area contributed by atoms with Crippen molar-refractivity contribution in [1.29, 1.82) is 0 Å². The molecule has 0 atom stereocenters. The summed E-state index contributed by atoms with van der Waals surface area (Å²) in [7, 11) is 0. The van der Waals surface area contributed by atoms with Crippen LogP contribution in [0.2, 0.25) is 5.02 Å². The average molecular weight is 300 g/mol. The van der Waals surface area contributed by atoms with Gasteiger partial charge in [0, 0.05) is 6.54 Å². The van der Waals surface area contributed by atoms with Gasteiger partial charge in [-0.05, 0) is 36.2 Å². The lowest BCUT2D eigenvalue weighted by molar-refractivity contribution is -0.138. The maximum absolute atomic E-state index is 12.9. The van der Waals surface area contributed by atoms with Crippen LogP contribution in [0.1, 0.15) is 16.7 Å². The summed E-state index contributed by atoms with van der Waals surface area (Å²) in [5.74, 6) is 0. The molecule has 0 aliphatic heterocycles. The molecule has 1 nitrogen and oxygen atoms in total. The molecular formula is C15H13ClF3N. The van der Waals surface area contributed by atoms with E-state index in [2.05, 4.69) is 5.32 Å². The van der Waals surface area contributed by atoms with Crippen LogP contribution in [0, 0.1) is 6.92 Å². The highest BCUT2D eigenvalue weighted by Gasteiger charge is 2.32. The zero-order valence-electron chi connectivity index (χ0n) is 10.8. The number of halogens is 4. The predicted molar refractivity (Wildman–Crippen MR) is 75.0 cm³/mol. The van der Waals surface area contributed by atoms with Crippen molar-refractivity contribution >= 4 is 17.3 Å². The van der Waals surface area contributed by atoms with Gasteiger partial charge in [0.25, 0.3) is 0 Å². The van der Waals surface area contributed by atoms with Crippen molar-refractivity contribution in [2.24, 2.45) is 0 Å². The lowest BCUT2D eigenvalue weighted by atomic mass is 10.1. The number of hydrogen-bond acceptors (Lipinski definition) is 1. The first-order valence-electron chi connectivity index (χ1n) is 6.03. The van der Waals surface area contributed by atoms with Gasteiger partial charge in [0.1, 0.15) is 0 Å². The smallest absolute Gasteiger partial charge is 0.380 e. The summed E-state index contributed by atoms with van der Waals surface area (Å²) in [6.07, 6.45) is -4.35. The Balaban J connectivity index is 2.21. The van der Waals surface area contributed by atoms with E-state index < -0.39 is 11.7 Å². The topological polar surface area (TPSA) is 12.0 Å². The quantitative estimate of drug-likeness (QED) is 0.813. The monoisotopic (exact) mass is 299 g/mol. The molecule has 106 valence electrons. The number of anilines is 1. The number of rotatable bonds is 3. The first-order chi connectivity index (χ1) is 9.38. The lowest BCUT2D eigenvalue weighted by Crippen LogP contribution is -2.11. The van der Waals surface area contributed by atoms with Gasteiger partial charge in [-0.15, -0.1) is 0 Å². The van der Waals surface area contributed by atoms with Crippen LogP contribution in [0.25, 0.3) is 0 Å². The molecule has 0 aromatic heterocycles. The SMILES string of the molecule is Cc1ccc(Cl)c(NCc2ccccc2C(F)(F)F)c1. The Morgan fingerprint density at radius 2 is 1.80 bits per heavy atom. The number of aryl methyl sites for hydroxylation is 1. The van der Waals surface area contributed by atoms with Crippen LogP contribution in [0.4, 0.5) is 18.9 Å². The van der Waals surface area contributed by atoms with Crippen LogP contribution in [-0.2, 0) is 12.7 Å². The highest BCUT2D eigenvalue weighted by molar-refractivity contribution is 6.33. The second-order valence-corrected chi connectivity index (χ2v) is 4.90. The van der Waals surface area contributed by atoms with Crippen LogP contribution in [0.3, 0.4) is 0 Å². The largest absolute Gasteiger partial charge is 0.416 e. The average Bonchev–Trinajstić information content (AvgIpc) is 2.39. The second kappa shape index (κ2) is 5.75. The van der Waals surface area contributed by atoms with Gasteiger partial charge in [-0.2, -0.15) is 13.2 Å². The van der Waals surface area contributed by atoms with E-state index in [0.717, 1.165) is 11.6 Å². The molecular weight excluding hydrogens is 287 g/mol. The fraction of sp³-hybridized carbons (Fsp3) is 0.200. The van der Waals surface area contributed by atoms with Crippen molar-refractivity contribution in [3.05, 3.63) is 64.2 Å². The summed E-state index contributed by atoms with van der Waals surface area (Å²) in [4.78, 5) is 0. The van der Waals surface area contributed by atoms with Crippen LogP contribution in [-0.4, -0.2) is 0 Å². The Morgan fingerprint density at radius 1 is 1.10 bits per heavy atom. The Labute approximate surface area is 120 Å². The zero-order valence-corrected chi connectivity index (χ0v) is 11.5. The lowest BCUT2D eigenvalue weighted by Gasteiger charge is -2.14. The van der Waals surface area contributed by atoms with Gasteiger partial charge < -0.3 is 5.32 Å². The van der Waals surface area contributed by atoms with E-state index in [9.17, 15) is 13.2 Å². The highest BCUT2D eigenvalue weighted by atomic mass is 35.5. The van der Waals surface area contributed by atoms with Gasteiger partial charge in [-0.25, -0.2) is 0 Å². The third-order valence-corrected chi connectivity index (χ3v) is 3.24. The van der Waals surface area contributed by atoms with E-state index in [1.54, 1.807) is 18.2 Å². The molecule has 0 radical (unpaired) electrons. The Hall–Kier alpha value is -1.68. The van der Waals surface area contributed by atoms with E-state index in [4.69, 9.17) is 11.6 Å². The van der Waals surface area contributed by atoms with E-state index in [1.165, 1.54) is 12.1 Å². The molecule has 0 saturated heterocycles. The summed E-state index contributed by atoms with van der Waals surface area (Å²) in [5.41, 5.74) is 1.18. The van der Waals surface area contributed by atoms with Crippen molar-refractivity contribution in [2.45, 2.75) is 19.6 Å². The number of hydrogen-bond donors (Lipinski definition) is 1. The maximum Gasteiger partial charge on any atom is 0.416 e. The van der Waals surface area contributed by atoms with Gasteiger partial charge in [-0.1, -0.05) is 35.9 Å². The molecule has 0 spiro atoms. The molecule has 20 heavy (non-hydrogen) atoms. The standard InChI is InChI=1S/C15H13ClF3N/c1-10-6-7-13(16)14(8-10)20-9-11-4-2-3-5-12(11)15(17,18)19/h2-8,20H,9H2,1H3. The van der Waals surface area contributed by atoms with E-state index in [1.807, 2.05) is 13.0 Å². The molecule has 0 bridgehead atoms. The van der Waals surface area contributed by atoms with Gasteiger partial charge in [-0.3, -0.25) is 0 Å². The number of nitrogens with one attached hydrogen (secondary N) is 1. The zero-order chi connectivity index (χ0) is 14.8. The van der Waals surface area contributed by atoms with Crippen molar-refractivity contribution in [3.8, 4) is 0 Å². The van der Waals surface area contributed by atoms with E-state index in [-0.39, 0.29) is 12.1 Å². The fourth-order valence-electron chi connectivity index (χ4n) is 1.92. The third kappa shape index (κ3) is 3.45. The molecule has 2 aromatic rings. The van der Waals surface area contributed by atoms with Crippen LogP contribution in [0.5, 0.6) is 0 Å². The molecule has 0 unspecified atom stereocenters. The van der Waals surface area contributed by atoms with Gasteiger partial charge in [0.05, 0.1) is 16.3 Å². The molecule has 0 saturated carbocycles. The van der Waals surface area contributed by atoms with Crippen LogP contribution in [0.15, 0.2) is 42.5 Å². The van der Waals surface area contributed by atoms with E-state index >= 15 is 0 Å². The first kappa shape index (κ1) is 14.7. The first-order valence-corrected chi connectivity index (χ1v) is 6.41. The molecule has 0 amide bonds. The Kier molecular flexibility index (Phi) is 4.23. The Bertz CT molecular complexity index is 608. The summed E-state index contributed by atoms with van der Waals surface area (Å²) >= 11 is 6.01. The maximum atomic E-state index is 12.9. The molecule has 0 aliphatic carbocycles. The van der Waals surface area contributed by atoms with Gasteiger partial charge in [0.15, 0.2) is 0 Å². The fourth-order valence-corrected chi connectivity index (χ4v) is 2.10. The highest BCUT2D eigenvalue weighted by Crippen LogP contribution is 2.32. The summed E-state index contributed by atoms with van der Waals surface area (Å²) < 4.78 is 38.6. The summed E-state index contributed by atoms with van der Waals surface area (Å²) in [6.45, 7) is 1.96. The van der Waals surface area contributed by atoms with Gasteiger partial charge in [0.2, 0.25) is 0 Å². The van der Waals surface area contributed by atoms with Crippen molar-refractivity contribution in [1.82, 2.24) is 0 Å². The molecule has 0 heterocycles. The van der Waals surface area contributed by atoms with Gasteiger partial charge >= 0.3 is 6.18 Å². The summed E-state index contributed by atoms with van der Waals surface area (Å²) in [5, 5.41) is 3.44. The third-order valence-electron chi connectivity index (χ3n) is 2.91. The van der Waals surface area contributed by atoms with Crippen LogP contribution < -0.4 is 5.32 Å². The number of benzene rings is 2. The van der Waals surface area contributed by atoms with Crippen LogP contribution >= 0.6 is 11.6 Å². The minimum Gasteiger partial charge on any atom is -0.380 e. The normalized spacial score (nSPS) is 11.4. The molecule has 5 heteroatoms. The Morgan fingerprint density at radius 3 is 2.50 bits per heavy atom. The molecule has 0 fully saturated rings. The molecule has 2 aromatic carbocycles. The minimum atomic E-state index is -4.35. The van der Waals surface area contributed by atoms with E-state index in [0.29, 0.717) is 10.7 Å². The second-order valence-electron chi connectivity index (χ2n) is 4.49. The van der Waals surface area contributed by atoms with Crippen molar-refractivity contribution in [3.63, 3.8) is 0 Å². The molecule has 0 aliphatic rings. The van der Waals surface area contributed by atoms with Crippen molar-refractivity contribution < 1.29 is 13.2 Å². The molecule has 2 rings (SSSR count). The molecule has 1 N–H and O–H groups in total. The number of alkyl halides is 3.